The fourth-order valence-electron chi connectivity index (χ4n) is 1.62. The molecule has 0 unspecified atom stereocenters. The number of aromatic nitrogens is 1. The van der Waals surface area contributed by atoms with E-state index in [1.54, 1.807) is 19.9 Å². The Bertz CT molecular complexity index is 493. The Kier molecular flexibility index (Phi) is 2.66. The van der Waals surface area contributed by atoms with Crippen LogP contribution < -0.4 is 0 Å². The van der Waals surface area contributed by atoms with E-state index in [9.17, 15) is 14.4 Å². The summed E-state index contributed by atoms with van der Waals surface area (Å²) in [6.07, 6.45) is 0. The average Bonchev–Trinajstić information content (AvgIpc) is 2.78. The van der Waals surface area contributed by atoms with Crippen LogP contribution >= 0.6 is 0 Å². The van der Waals surface area contributed by atoms with E-state index in [0.717, 1.165) is 9.80 Å². The lowest BCUT2D eigenvalue weighted by molar-refractivity contribution is -0.143. The van der Waals surface area contributed by atoms with Crippen molar-refractivity contribution < 1.29 is 18.9 Å². The van der Waals surface area contributed by atoms with Crippen molar-refractivity contribution in [2.75, 3.05) is 6.54 Å². The average molecular weight is 237 g/mol. The zero-order chi connectivity index (χ0) is 12.6. The Balaban J connectivity index is 2.19. The molecule has 0 bridgehead atoms. The van der Waals surface area contributed by atoms with Gasteiger partial charge in [0.1, 0.15) is 11.5 Å². The van der Waals surface area contributed by atoms with Crippen LogP contribution in [0.3, 0.4) is 0 Å². The van der Waals surface area contributed by atoms with Crippen molar-refractivity contribution in [1.29, 1.82) is 0 Å². The third-order valence-corrected chi connectivity index (χ3v) is 2.45. The lowest BCUT2D eigenvalue weighted by Gasteiger charge is -2.11. The summed E-state index contributed by atoms with van der Waals surface area (Å²) in [6.45, 7) is 3.47. The van der Waals surface area contributed by atoms with E-state index in [1.807, 2.05) is 0 Å². The summed E-state index contributed by atoms with van der Waals surface area (Å²) in [6, 6.07) is 1.00. The Morgan fingerprint density at radius 1 is 1.24 bits per heavy atom. The van der Waals surface area contributed by atoms with E-state index in [2.05, 4.69) is 5.16 Å². The topological polar surface area (TPSA) is 83.7 Å². The second kappa shape index (κ2) is 4.00. The first-order valence-corrected chi connectivity index (χ1v) is 5.14. The van der Waals surface area contributed by atoms with E-state index in [-0.39, 0.29) is 13.1 Å². The number of aryl methyl sites for hydroxylation is 1. The van der Waals surface area contributed by atoms with Crippen LogP contribution in [0.5, 0.6) is 0 Å². The van der Waals surface area contributed by atoms with Gasteiger partial charge in [-0.05, 0) is 13.8 Å². The molecule has 7 nitrogen and oxygen atoms in total. The third kappa shape index (κ3) is 1.79. The number of nitrogens with zero attached hydrogens (tertiary/aromatic N) is 3. The Morgan fingerprint density at radius 2 is 1.88 bits per heavy atom. The molecule has 0 N–H and O–H groups in total. The fourth-order valence-corrected chi connectivity index (χ4v) is 1.62. The van der Waals surface area contributed by atoms with E-state index < -0.39 is 17.8 Å². The Labute approximate surface area is 96.9 Å². The van der Waals surface area contributed by atoms with Crippen LogP contribution in [0.1, 0.15) is 18.4 Å². The molecule has 1 saturated heterocycles. The molecule has 0 saturated carbocycles. The minimum atomic E-state index is -0.822. The van der Waals surface area contributed by atoms with Crippen molar-refractivity contribution in [2.24, 2.45) is 0 Å². The fraction of sp³-hybridized carbons (Fsp3) is 0.400. The molecule has 1 aliphatic heterocycles. The lowest BCUT2D eigenvalue weighted by atomic mass is 10.3. The maximum atomic E-state index is 11.7. The SMILES string of the molecule is CCN1C(=O)C(=O)N(Cc2cc(C)on2)C1=O. The van der Waals surface area contributed by atoms with E-state index in [1.165, 1.54) is 0 Å². The molecule has 0 spiro atoms. The molecular formula is C10H11N3O4. The Hall–Kier alpha value is -2.18. The van der Waals surface area contributed by atoms with Crippen molar-refractivity contribution in [3.05, 3.63) is 17.5 Å². The molecule has 1 aliphatic rings. The van der Waals surface area contributed by atoms with Crippen molar-refractivity contribution in [1.82, 2.24) is 15.0 Å². The van der Waals surface area contributed by atoms with Crippen LogP contribution in [0, 0.1) is 6.92 Å². The second-order valence-corrected chi connectivity index (χ2v) is 3.65. The summed E-state index contributed by atoms with van der Waals surface area (Å²) in [5.74, 6) is -1.03. The highest BCUT2D eigenvalue weighted by Gasteiger charge is 2.43. The number of imide groups is 2. The zero-order valence-corrected chi connectivity index (χ0v) is 9.47. The minimum absolute atomic E-state index is 0.0444. The number of carbonyl (C=O) groups excluding carboxylic acids is 3. The molecule has 90 valence electrons. The molecule has 2 heterocycles. The quantitative estimate of drug-likeness (QED) is 0.557. The van der Waals surface area contributed by atoms with Gasteiger partial charge >= 0.3 is 17.8 Å². The van der Waals surface area contributed by atoms with Gasteiger partial charge in [-0.3, -0.25) is 14.5 Å². The molecule has 1 fully saturated rings. The predicted octanol–water partition coefficient (Wildman–Crippen LogP) is 0.294. The molecule has 7 heteroatoms. The highest BCUT2D eigenvalue weighted by atomic mass is 16.5. The normalized spacial score (nSPS) is 16.2. The number of carbonyl (C=O) groups is 3. The highest BCUT2D eigenvalue weighted by Crippen LogP contribution is 2.15. The van der Waals surface area contributed by atoms with Crippen molar-refractivity contribution in [3.63, 3.8) is 0 Å². The molecule has 1 aromatic heterocycles. The number of amides is 4. The van der Waals surface area contributed by atoms with Gasteiger partial charge in [-0.15, -0.1) is 0 Å². The molecule has 4 amide bonds. The van der Waals surface area contributed by atoms with Gasteiger partial charge in [0.15, 0.2) is 0 Å². The van der Waals surface area contributed by atoms with Gasteiger partial charge in [0.05, 0.1) is 6.54 Å². The summed E-state index contributed by atoms with van der Waals surface area (Å²) < 4.78 is 4.83. The molecule has 0 aliphatic carbocycles. The molecule has 0 aromatic carbocycles. The second-order valence-electron chi connectivity index (χ2n) is 3.65. The van der Waals surface area contributed by atoms with Crippen molar-refractivity contribution >= 4 is 17.8 Å². The third-order valence-electron chi connectivity index (χ3n) is 2.45. The first kappa shape index (κ1) is 11.3. The number of hydrogen-bond donors (Lipinski definition) is 0. The van der Waals surface area contributed by atoms with Crippen molar-refractivity contribution in [2.45, 2.75) is 20.4 Å². The van der Waals surface area contributed by atoms with Gasteiger partial charge in [-0.25, -0.2) is 9.69 Å². The smallest absolute Gasteiger partial charge is 0.334 e. The summed E-state index contributed by atoms with van der Waals surface area (Å²) >= 11 is 0. The van der Waals surface area contributed by atoms with Gasteiger partial charge in [0, 0.05) is 12.6 Å². The van der Waals surface area contributed by atoms with Crippen LogP contribution in [0.25, 0.3) is 0 Å². The zero-order valence-electron chi connectivity index (χ0n) is 9.47. The van der Waals surface area contributed by atoms with Crippen LogP contribution in [0.15, 0.2) is 10.6 Å². The first-order chi connectivity index (χ1) is 8.04. The molecule has 17 heavy (non-hydrogen) atoms. The van der Waals surface area contributed by atoms with Gasteiger partial charge in [-0.2, -0.15) is 0 Å². The predicted molar refractivity (Wildman–Crippen MR) is 54.6 cm³/mol. The van der Waals surface area contributed by atoms with Crippen LogP contribution in [0.2, 0.25) is 0 Å². The van der Waals surface area contributed by atoms with E-state index >= 15 is 0 Å². The molecule has 1 aromatic rings. The van der Waals surface area contributed by atoms with Gasteiger partial charge in [0.2, 0.25) is 0 Å². The van der Waals surface area contributed by atoms with E-state index in [0.29, 0.717) is 11.5 Å². The van der Waals surface area contributed by atoms with Crippen LogP contribution in [0.4, 0.5) is 4.79 Å². The number of hydrogen-bond acceptors (Lipinski definition) is 5. The first-order valence-electron chi connectivity index (χ1n) is 5.14. The Morgan fingerprint density at radius 3 is 2.35 bits per heavy atom. The molecular weight excluding hydrogens is 226 g/mol. The van der Waals surface area contributed by atoms with Crippen LogP contribution in [-0.4, -0.2) is 39.3 Å². The van der Waals surface area contributed by atoms with Gasteiger partial charge in [-0.1, -0.05) is 5.16 Å². The van der Waals surface area contributed by atoms with Crippen LogP contribution in [-0.2, 0) is 16.1 Å². The maximum Gasteiger partial charge on any atom is 0.334 e. The molecule has 0 atom stereocenters. The lowest BCUT2D eigenvalue weighted by Crippen LogP contribution is -2.32. The van der Waals surface area contributed by atoms with Gasteiger partial charge in [0.25, 0.3) is 0 Å². The largest absolute Gasteiger partial charge is 0.361 e. The number of rotatable bonds is 3. The summed E-state index contributed by atoms with van der Waals surface area (Å²) in [5.41, 5.74) is 0.440. The van der Waals surface area contributed by atoms with Crippen molar-refractivity contribution in [3.8, 4) is 0 Å². The van der Waals surface area contributed by atoms with E-state index in [4.69, 9.17) is 4.52 Å². The highest BCUT2D eigenvalue weighted by molar-refractivity contribution is 6.44. The standard InChI is InChI=1S/C10H11N3O4/c1-3-12-8(14)9(15)13(10(12)16)5-7-4-6(2)17-11-7/h4H,3,5H2,1-2H3. The summed E-state index contributed by atoms with van der Waals surface area (Å²) in [4.78, 5) is 36.5. The maximum absolute atomic E-state index is 11.7. The number of urea groups is 1. The minimum Gasteiger partial charge on any atom is -0.361 e. The molecule has 0 radical (unpaired) electrons. The summed E-state index contributed by atoms with van der Waals surface area (Å²) in [5, 5.41) is 3.67. The number of likely N-dealkylation sites (N-methyl/N-ethyl adjacent to an activating group) is 1. The monoisotopic (exact) mass is 237 g/mol. The molecule has 2 rings (SSSR count). The summed E-state index contributed by atoms with van der Waals surface area (Å²) in [7, 11) is 0. The van der Waals surface area contributed by atoms with Gasteiger partial charge < -0.3 is 4.52 Å².